The molecule has 92 valence electrons. The van der Waals surface area contributed by atoms with E-state index >= 15 is 0 Å². The second-order valence-corrected chi connectivity index (χ2v) is 4.13. The lowest BCUT2D eigenvalue weighted by Crippen LogP contribution is -2.05. The number of hydrogen-bond donors (Lipinski definition) is 1. The molecule has 2 aromatic rings. The number of anilines is 1. The van der Waals surface area contributed by atoms with Gasteiger partial charge in [0.2, 0.25) is 0 Å². The molecule has 0 atom stereocenters. The van der Waals surface area contributed by atoms with E-state index in [1.165, 1.54) is 24.3 Å². The molecule has 2 aromatic carbocycles. The molecule has 0 aromatic heterocycles. The van der Waals surface area contributed by atoms with Crippen LogP contribution in [-0.4, -0.2) is 5.78 Å². The summed E-state index contributed by atoms with van der Waals surface area (Å²) in [5.74, 6) is -2.08. The zero-order chi connectivity index (χ0) is 13.3. The van der Waals surface area contributed by atoms with Crippen molar-refractivity contribution in [2.24, 2.45) is 0 Å². The third kappa shape index (κ3) is 2.33. The Balaban J connectivity index is 2.44. The first-order valence-electron chi connectivity index (χ1n) is 5.04. The van der Waals surface area contributed by atoms with Crippen LogP contribution in [0.15, 0.2) is 36.4 Å². The lowest BCUT2D eigenvalue weighted by Gasteiger charge is -2.04. The number of nitrogens with two attached hydrogens (primary N) is 1. The molecule has 0 heterocycles. The molecule has 0 unspecified atom stereocenters. The fraction of sp³-hybridized carbons (Fsp3) is 0. The largest absolute Gasteiger partial charge is 0.396 e. The standard InChI is InChI=1S/C13H8ClF2NO/c14-8-2-3-9(10(15)6-8)13(18)7-1-4-12(17)11(16)5-7/h1-6H,17H2. The molecule has 0 aliphatic rings. The molecule has 0 amide bonds. The summed E-state index contributed by atoms with van der Waals surface area (Å²) >= 11 is 5.59. The highest BCUT2D eigenvalue weighted by Crippen LogP contribution is 2.20. The summed E-state index contributed by atoms with van der Waals surface area (Å²) in [5.41, 5.74) is 5.10. The van der Waals surface area contributed by atoms with Crippen LogP contribution in [0.3, 0.4) is 0 Å². The Kier molecular flexibility index (Phi) is 3.30. The SMILES string of the molecule is Nc1ccc(C(=O)c2ccc(Cl)cc2F)cc1F. The van der Waals surface area contributed by atoms with Crippen molar-refractivity contribution in [1.29, 1.82) is 0 Å². The van der Waals surface area contributed by atoms with Gasteiger partial charge in [-0.05, 0) is 36.4 Å². The zero-order valence-electron chi connectivity index (χ0n) is 9.08. The summed E-state index contributed by atoms with van der Waals surface area (Å²) in [6.07, 6.45) is 0. The van der Waals surface area contributed by atoms with Crippen molar-refractivity contribution >= 4 is 23.1 Å². The van der Waals surface area contributed by atoms with Crippen LogP contribution in [-0.2, 0) is 0 Å². The minimum absolute atomic E-state index is 0.0305. The van der Waals surface area contributed by atoms with E-state index in [0.717, 1.165) is 12.1 Å². The highest BCUT2D eigenvalue weighted by atomic mass is 35.5. The molecule has 2 N–H and O–H groups in total. The first kappa shape index (κ1) is 12.5. The van der Waals surface area contributed by atoms with Gasteiger partial charge in [0, 0.05) is 10.6 Å². The Bertz CT molecular complexity index is 628. The van der Waals surface area contributed by atoms with Crippen LogP contribution in [0.25, 0.3) is 0 Å². The Morgan fingerprint density at radius 1 is 1.06 bits per heavy atom. The van der Waals surface area contributed by atoms with Crippen molar-refractivity contribution in [2.45, 2.75) is 0 Å². The third-order valence-corrected chi connectivity index (χ3v) is 2.67. The summed E-state index contributed by atoms with van der Waals surface area (Å²) in [7, 11) is 0. The molecule has 0 saturated carbocycles. The third-order valence-electron chi connectivity index (χ3n) is 2.44. The molecule has 0 aliphatic carbocycles. The number of hydrogen-bond acceptors (Lipinski definition) is 2. The molecule has 2 nitrogen and oxygen atoms in total. The molecule has 0 aliphatic heterocycles. The van der Waals surface area contributed by atoms with Crippen LogP contribution in [0.2, 0.25) is 5.02 Å². The van der Waals surface area contributed by atoms with E-state index in [9.17, 15) is 13.6 Å². The molecule has 0 spiro atoms. The summed E-state index contributed by atoms with van der Waals surface area (Å²) < 4.78 is 26.8. The zero-order valence-corrected chi connectivity index (χ0v) is 9.84. The number of carbonyl (C=O) groups excluding carboxylic acids is 1. The molecule has 5 heteroatoms. The van der Waals surface area contributed by atoms with Crippen molar-refractivity contribution in [1.82, 2.24) is 0 Å². The second-order valence-electron chi connectivity index (χ2n) is 3.69. The summed E-state index contributed by atoms with van der Waals surface area (Å²) in [6, 6.07) is 7.26. The highest BCUT2D eigenvalue weighted by molar-refractivity contribution is 6.30. The van der Waals surface area contributed by atoms with Gasteiger partial charge in [-0.15, -0.1) is 0 Å². The van der Waals surface area contributed by atoms with Gasteiger partial charge in [-0.1, -0.05) is 11.6 Å². The normalized spacial score (nSPS) is 10.4. The van der Waals surface area contributed by atoms with Gasteiger partial charge < -0.3 is 5.73 Å². The van der Waals surface area contributed by atoms with Crippen molar-refractivity contribution in [3.8, 4) is 0 Å². The van der Waals surface area contributed by atoms with Crippen LogP contribution in [0.1, 0.15) is 15.9 Å². The molecular weight excluding hydrogens is 260 g/mol. The Morgan fingerprint density at radius 2 is 1.78 bits per heavy atom. The van der Waals surface area contributed by atoms with Crippen molar-refractivity contribution < 1.29 is 13.6 Å². The fourth-order valence-electron chi connectivity index (χ4n) is 1.50. The van der Waals surface area contributed by atoms with Gasteiger partial charge in [0.1, 0.15) is 11.6 Å². The van der Waals surface area contributed by atoms with E-state index in [0.29, 0.717) is 0 Å². The molecule has 2 rings (SSSR count). The van der Waals surface area contributed by atoms with E-state index in [4.69, 9.17) is 17.3 Å². The first-order chi connectivity index (χ1) is 8.49. The smallest absolute Gasteiger partial charge is 0.196 e. The minimum atomic E-state index is -0.746. The van der Waals surface area contributed by atoms with Gasteiger partial charge in [-0.2, -0.15) is 0 Å². The van der Waals surface area contributed by atoms with Crippen LogP contribution in [0.5, 0.6) is 0 Å². The average molecular weight is 268 g/mol. The number of carbonyl (C=O) groups is 1. The van der Waals surface area contributed by atoms with Gasteiger partial charge in [0.05, 0.1) is 11.3 Å². The summed E-state index contributed by atoms with van der Waals surface area (Å²) in [6.45, 7) is 0. The number of halogens is 3. The molecule has 0 radical (unpaired) electrons. The van der Waals surface area contributed by atoms with Crippen LogP contribution >= 0.6 is 11.6 Å². The number of rotatable bonds is 2. The Hall–Kier alpha value is -1.94. The van der Waals surface area contributed by atoms with Crippen LogP contribution in [0.4, 0.5) is 14.5 Å². The molecule has 18 heavy (non-hydrogen) atoms. The maximum absolute atomic E-state index is 13.5. The van der Waals surface area contributed by atoms with Crippen LogP contribution < -0.4 is 5.73 Å². The second kappa shape index (κ2) is 4.74. The maximum atomic E-state index is 13.5. The Morgan fingerprint density at radius 3 is 2.39 bits per heavy atom. The van der Waals surface area contributed by atoms with Crippen molar-refractivity contribution in [2.75, 3.05) is 5.73 Å². The first-order valence-corrected chi connectivity index (χ1v) is 5.41. The molecule has 0 fully saturated rings. The van der Waals surface area contributed by atoms with Crippen molar-refractivity contribution in [3.05, 3.63) is 64.2 Å². The number of ketones is 1. The van der Waals surface area contributed by atoms with Crippen LogP contribution in [0, 0.1) is 11.6 Å². The Labute approximate surface area is 107 Å². The summed E-state index contributed by atoms with van der Waals surface area (Å²) in [4.78, 5) is 12.0. The van der Waals surface area contributed by atoms with E-state index in [1.807, 2.05) is 0 Å². The fourth-order valence-corrected chi connectivity index (χ4v) is 1.66. The van der Waals surface area contributed by atoms with E-state index in [-0.39, 0.29) is 21.8 Å². The number of benzene rings is 2. The predicted octanol–water partition coefficient (Wildman–Crippen LogP) is 3.43. The van der Waals surface area contributed by atoms with Gasteiger partial charge in [0.25, 0.3) is 0 Å². The van der Waals surface area contributed by atoms with Gasteiger partial charge in [0.15, 0.2) is 5.78 Å². The highest BCUT2D eigenvalue weighted by Gasteiger charge is 2.15. The quantitative estimate of drug-likeness (QED) is 0.669. The average Bonchev–Trinajstić information content (AvgIpc) is 2.32. The van der Waals surface area contributed by atoms with Gasteiger partial charge in [-0.3, -0.25) is 4.79 Å². The topological polar surface area (TPSA) is 43.1 Å². The van der Waals surface area contributed by atoms with Gasteiger partial charge >= 0.3 is 0 Å². The van der Waals surface area contributed by atoms with E-state index in [2.05, 4.69) is 0 Å². The van der Waals surface area contributed by atoms with E-state index in [1.54, 1.807) is 0 Å². The predicted molar refractivity (Wildman–Crippen MR) is 65.7 cm³/mol. The minimum Gasteiger partial charge on any atom is -0.396 e. The summed E-state index contributed by atoms with van der Waals surface area (Å²) in [5, 5.41) is 0.188. The lowest BCUT2D eigenvalue weighted by atomic mass is 10.0. The molecule has 0 saturated heterocycles. The molecular formula is C13H8ClF2NO. The van der Waals surface area contributed by atoms with E-state index < -0.39 is 17.4 Å². The lowest BCUT2D eigenvalue weighted by molar-refractivity contribution is 0.103. The monoisotopic (exact) mass is 267 g/mol. The van der Waals surface area contributed by atoms with Crippen molar-refractivity contribution in [3.63, 3.8) is 0 Å². The van der Waals surface area contributed by atoms with Gasteiger partial charge in [-0.25, -0.2) is 8.78 Å². The number of nitrogen functional groups attached to an aromatic ring is 1. The molecule has 0 bridgehead atoms. The maximum Gasteiger partial charge on any atom is 0.196 e.